The maximum Gasteiger partial charge on any atom is 0.241 e. The number of halogens is 1. The normalized spacial score (nSPS) is 13.1. The molecule has 0 fully saturated rings. The summed E-state index contributed by atoms with van der Waals surface area (Å²) in [6.45, 7) is 1.15. The quantitative estimate of drug-likeness (QED) is 0.396. The van der Waals surface area contributed by atoms with Gasteiger partial charge in [-0.2, -0.15) is 0 Å². The monoisotopic (exact) mass is 496 g/mol. The van der Waals surface area contributed by atoms with Gasteiger partial charge in [0.05, 0.1) is 39.2 Å². The number of methoxy groups -OCH3 is 2. The summed E-state index contributed by atoms with van der Waals surface area (Å²) in [6.07, 6.45) is 4.30. The molecule has 1 amide bonds. The number of benzene rings is 3. The molecule has 8 heteroatoms. The summed E-state index contributed by atoms with van der Waals surface area (Å²) < 4.78 is 16.5. The first kappa shape index (κ1) is 26.1. The van der Waals surface area contributed by atoms with E-state index in [0.717, 1.165) is 33.6 Å². The third-order valence-corrected chi connectivity index (χ3v) is 5.73. The Balaban J connectivity index is 0.00000342. The number of phenols is 1. The Labute approximate surface area is 210 Å². The fraction of sp³-hybridized carbons (Fsp3) is 0.222. The van der Waals surface area contributed by atoms with Gasteiger partial charge in [-0.3, -0.25) is 4.79 Å². The zero-order chi connectivity index (χ0) is 24.1. The average molecular weight is 497 g/mol. The van der Waals surface area contributed by atoms with Crippen LogP contribution in [-0.2, 0) is 29.2 Å². The number of anilines is 1. The molecule has 1 heterocycles. The molecule has 0 bridgehead atoms. The SMILES string of the molecule is COc1ccc(/C=C\c2cc3c(c(OC)c2)COC3)cc1NC(=O)C(N)Cc1ccc(O)cc1.Cl. The molecular formula is C27H29ClN2O5. The number of hydrogen-bond donors (Lipinski definition) is 3. The third-order valence-electron chi connectivity index (χ3n) is 5.73. The van der Waals surface area contributed by atoms with Gasteiger partial charge in [0.15, 0.2) is 0 Å². The van der Waals surface area contributed by atoms with Gasteiger partial charge < -0.3 is 30.4 Å². The van der Waals surface area contributed by atoms with Gasteiger partial charge in [-0.25, -0.2) is 0 Å². The molecule has 184 valence electrons. The van der Waals surface area contributed by atoms with Crippen LogP contribution in [0.15, 0.2) is 54.6 Å². The molecule has 0 saturated heterocycles. The van der Waals surface area contributed by atoms with Crippen LogP contribution in [0.3, 0.4) is 0 Å². The Morgan fingerprint density at radius 1 is 1.03 bits per heavy atom. The lowest BCUT2D eigenvalue weighted by Gasteiger charge is -2.15. The van der Waals surface area contributed by atoms with E-state index < -0.39 is 6.04 Å². The molecule has 0 aliphatic carbocycles. The van der Waals surface area contributed by atoms with Gasteiger partial charge in [0.1, 0.15) is 17.2 Å². The largest absolute Gasteiger partial charge is 0.508 e. The van der Waals surface area contributed by atoms with Crippen molar-refractivity contribution in [2.24, 2.45) is 5.73 Å². The number of phenolic OH excluding ortho intramolecular Hbond substituents is 1. The first-order chi connectivity index (χ1) is 16.5. The predicted molar refractivity (Wildman–Crippen MR) is 139 cm³/mol. The molecule has 1 atom stereocenters. The Kier molecular flexibility index (Phi) is 8.76. The maximum absolute atomic E-state index is 12.7. The van der Waals surface area contributed by atoms with Crippen molar-refractivity contribution in [3.05, 3.63) is 82.4 Å². The minimum Gasteiger partial charge on any atom is -0.508 e. The average Bonchev–Trinajstić information content (AvgIpc) is 3.32. The van der Waals surface area contributed by atoms with Gasteiger partial charge >= 0.3 is 0 Å². The molecule has 35 heavy (non-hydrogen) atoms. The lowest BCUT2D eigenvalue weighted by Crippen LogP contribution is -2.37. The molecular weight excluding hydrogens is 468 g/mol. The number of hydrogen-bond acceptors (Lipinski definition) is 6. The summed E-state index contributed by atoms with van der Waals surface area (Å²) in [4.78, 5) is 12.7. The number of amides is 1. The highest BCUT2D eigenvalue weighted by atomic mass is 35.5. The molecule has 1 aliphatic rings. The molecule has 3 aromatic carbocycles. The molecule has 7 nitrogen and oxygen atoms in total. The van der Waals surface area contributed by atoms with Crippen molar-refractivity contribution in [2.75, 3.05) is 19.5 Å². The summed E-state index contributed by atoms with van der Waals surface area (Å²) in [5, 5.41) is 12.3. The van der Waals surface area contributed by atoms with Crippen LogP contribution >= 0.6 is 12.4 Å². The van der Waals surface area contributed by atoms with Crippen molar-refractivity contribution in [1.29, 1.82) is 0 Å². The van der Waals surface area contributed by atoms with Crippen molar-refractivity contribution in [2.45, 2.75) is 25.7 Å². The number of carbonyl (C=O) groups is 1. The van der Waals surface area contributed by atoms with E-state index in [2.05, 4.69) is 11.4 Å². The van der Waals surface area contributed by atoms with Crippen LogP contribution in [0.25, 0.3) is 12.2 Å². The minimum absolute atomic E-state index is 0. The van der Waals surface area contributed by atoms with Crippen LogP contribution < -0.4 is 20.5 Å². The molecule has 1 unspecified atom stereocenters. The van der Waals surface area contributed by atoms with Crippen LogP contribution in [0.4, 0.5) is 5.69 Å². The predicted octanol–water partition coefficient (Wildman–Crippen LogP) is 4.54. The van der Waals surface area contributed by atoms with Crippen molar-refractivity contribution < 1.29 is 24.1 Å². The van der Waals surface area contributed by atoms with Gasteiger partial charge in [-0.05, 0) is 65.1 Å². The van der Waals surface area contributed by atoms with Crippen molar-refractivity contribution >= 4 is 36.2 Å². The van der Waals surface area contributed by atoms with E-state index in [1.165, 1.54) is 0 Å². The van der Waals surface area contributed by atoms with Crippen molar-refractivity contribution in [1.82, 2.24) is 0 Å². The van der Waals surface area contributed by atoms with E-state index in [0.29, 0.717) is 31.1 Å². The second-order valence-electron chi connectivity index (χ2n) is 8.11. The highest BCUT2D eigenvalue weighted by Crippen LogP contribution is 2.32. The standard InChI is InChI=1S/C27H28N2O5.ClH/c1-32-25-10-7-18(3-4-19-11-20-15-34-16-22(20)26(14-19)33-2)13-24(25)29-27(31)23(28)12-17-5-8-21(30)9-6-17;/h3-11,13-14,23,30H,12,15-16,28H2,1-2H3,(H,29,31);1H/b4-3-;. The van der Waals surface area contributed by atoms with Gasteiger partial charge in [-0.15, -0.1) is 12.4 Å². The van der Waals surface area contributed by atoms with Crippen LogP contribution in [0.1, 0.15) is 27.8 Å². The Morgan fingerprint density at radius 3 is 2.46 bits per heavy atom. The number of nitrogens with one attached hydrogen (secondary N) is 1. The van der Waals surface area contributed by atoms with Crippen LogP contribution in [0, 0.1) is 0 Å². The smallest absolute Gasteiger partial charge is 0.241 e. The lowest BCUT2D eigenvalue weighted by atomic mass is 10.0. The second-order valence-corrected chi connectivity index (χ2v) is 8.11. The van der Waals surface area contributed by atoms with Gasteiger partial charge in [0.2, 0.25) is 5.91 Å². The van der Waals surface area contributed by atoms with E-state index in [1.54, 1.807) is 44.6 Å². The first-order valence-corrected chi connectivity index (χ1v) is 10.9. The van der Waals surface area contributed by atoms with E-state index >= 15 is 0 Å². The topological polar surface area (TPSA) is 103 Å². The molecule has 4 N–H and O–H groups in total. The Morgan fingerprint density at radius 2 is 1.74 bits per heavy atom. The molecule has 0 saturated carbocycles. The lowest BCUT2D eigenvalue weighted by molar-refractivity contribution is -0.117. The molecule has 4 rings (SSSR count). The first-order valence-electron chi connectivity index (χ1n) is 10.9. The summed E-state index contributed by atoms with van der Waals surface area (Å²) in [6, 6.07) is 15.5. The molecule has 1 aliphatic heterocycles. The second kappa shape index (κ2) is 11.8. The fourth-order valence-electron chi connectivity index (χ4n) is 3.88. The van der Waals surface area contributed by atoms with Crippen molar-refractivity contribution in [3.8, 4) is 17.2 Å². The Bertz CT molecular complexity index is 1210. The van der Waals surface area contributed by atoms with E-state index in [-0.39, 0.29) is 24.1 Å². The third kappa shape index (κ3) is 6.33. The summed E-state index contributed by atoms with van der Waals surface area (Å²) in [7, 11) is 3.21. The Hall–Kier alpha value is -3.52. The zero-order valence-corrected chi connectivity index (χ0v) is 20.4. The molecule has 0 radical (unpaired) electrons. The van der Waals surface area contributed by atoms with Gasteiger partial charge in [0, 0.05) is 5.56 Å². The summed E-state index contributed by atoms with van der Waals surface area (Å²) in [5.74, 6) is 1.21. The number of rotatable bonds is 8. The number of aromatic hydroxyl groups is 1. The molecule has 3 aromatic rings. The number of carbonyl (C=O) groups excluding carboxylic acids is 1. The van der Waals surface area contributed by atoms with Gasteiger partial charge in [-0.1, -0.05) is 30.4 Å². The number of ether oxygens (including phenoxy) is 3. The summed E-state index contributed by atoms with van der Waals surface area (Å²) in [5.41, 5.74) is 11.6. The maximum atomic E-state index is 12.7. The fourth-order valence-corrected chi connectivity index (χ4v) is 3.88. The van der Waals surface area contributed by atoms with Crippen LogP contribution in [0.2, 0.25) is 0 Å². The minimum atomic E-state index is -0.755. The van der Waals surface area contributed by atoms with Crippen LogP contribution in [0.5, 0.6) is 17.2 Å². The number of nitrogens with two attached hydrogens (primary N) is 1. The van der Waals surface area contributed by atoms with Gasteiger partial charge in [0.25, 0.3) is 0 Å². The van der Waals surface area contributed by atoms with E-state index in [4.69, 9.17) is 19.9 Å². The van der Waals surface area contributed by atoms with E-state index in [1.807, 2.05) is 30.4 Å². The molecule has 0 spiro atoms. The van der Waals surface area contributed by atoms with E-state index in [9.17, 15) is 9.90 Å². The molecule has 0 aromatic heterocycles. The number of fused-ring (bicyclic) bond motifs is 1. The highest BCUT2D eigenvalue weighted by Gasteiger charge is 2.18. The van der Waals surface area contributed by atoms with Crippen molar-refractivity contribution in [3.63, 3.8) is 0 Å². The zero-order valence-electron chi connectivity index (χ0n) is 19.6. The van der Waals surface area contributed by atoms with Crippen LogP contribution in [-0.4, -0.2) is 31.3 Å². The highest BCUT2D eigenvalue weighted by molar-refractivity contribution is 5.96. The summed E-state index contributed by atoms with van der Waals surface area (Å²) >= 11 is 0.